The Bertz CT molecular complexity index is 1070. The van der Waals surface area contributed by atoms with Crippen molar-refractivity contribution >= 4 is 10.0 Å². The maximum absolute atomic E-state index is 12.5. The largest absolute Gasteiger partial charge is 0.256 e. The molecule has 0 saturated heterocycles. The first-order valence-corrected chi connectivity index (χ1v) is 9.49. The van der Waals surface area contributed by atoms with Gasteiger partial charge in [0.05, 0.1) is 22.2 Å². The molecule has 0 saturated carbocycles. The number of rotatable bonds is 5. The molecule has 0 radical (unpaired) electrons. The molecule has 0 aliphatic carbocycles. The van der Waals surface area contributed by atoms with Crippen LogP contribution in [0.4, 0.5) is 0 Å². The number of benzene rings is 2. The summed E-state index contributed by atoms with van der Waals surface area (Å²) in [5.74, 6) is 0. The van der Waals surface area contributed by atoms with Gasteiger partial charge in [0.25, 0.3) is 0 Å². The maximum Gasteiger partial charge on any atom is 0.240 e. The molecule has 130 valence electrons. The van der Waals surface area contributed by atoms with Crippen LogP contribution in [0, 0.1) is 18.3 Å². The molecule has 26 heavy (non-hydrogen) atoms. The lowest BCUT2D eigenvalue weighted by Gasteiger charge is -2.11. The fourth-order valence-electron chi connectivity index (χ4n) is 2.54. The molecule has 2 aromatic carbocycles. The molecule has 0 aliphatic rings. The van der Waals surface area contributed by atoms with Gasteiger partial charge in [-0.3, -0.25) is 4.98 Å². The second-order valence-electron chi connectivity index (χ2n) is 5.84. The first kappa shape index (κ1) is 17.8. The van der Waals surface area contributed by atoms with Crippen molar-refractivity contribution in [3.8, 4) is 17.3 Å². The van der Waals surface area contributed by atoms with Crippen molar-refractivity contribution < 1.29 is 8.42 Å². The molecule has 0 bridgehead atoms. The predicted molar refractivity (Wildman–Crippen MR) is 99.6 cm³/mol. The normalized spacial score (nSPS) is 11.1. The second kappa shape index (κ2) is 7.48. The van der Waals surface area contributed by atoms with Gasteiger partial charge >= 0.3 is 0 Å². The zero-order valence-corrected chi connectivity index (χ0v) is 15.0. The minimum atomic E-state index is -3.73. The molecule has 0 atom stereocenters. The molecule has 6 heteroatoms. The summed E-state index contributed by atoms with van der Waals surface area (Å²) in [5, 5.41) is 8.94. The van der Waals surface area contributed by atoms with Gasteiger partial charge in [-0.25, -0.2) is 13.1 Å². The number of sulfonamides is 1. The highest BCUT2D eigenvalue weighted by atomic mass is 32.2. The molecule has 0 aliphatic heterocycles. The van der Waals surface area contributed by atoms with Crippen LogP contribution < -0.4 is 4.72 Å². The van der Waals surface area contributed by atoms with Gasteiger partial charge < -0.3 is 0 Å². The zero-order chi connectivity index (χ0) is 18.6. The van der Waals surface area contributed by atoms with Crippen LogP contribution in [0.5, 0.6) is 0 Å². The third kappa shape index (κ3) is 3.97. The number of hydrogen-bond donors (Lipinski definition) is 1. The van der Waals surface area contributed by atoms with Gasteiger partial charge in [-0.1, -0.05) is 42.0 Å². The van der Waals surface area contributed by atoms with E-state index in [1.165, 1.54) is 12.1 Å². The van der Waals surface area contributed by atoms with Crippen molar-refractivity contribution in [3.05, 3.63) is 83.6 Å². The highest BCUT2D eigenvalue weighted by Crippen LogP contribution is 2.22. The Labute approximate surface area is 153 Å². The zero-order valence-electron chi connectivity index (χ0n) is 14.2. The molecule has 0 amide bonds. The molecule has 1 aromatic heterocycles. The van der Waals surface area contributed by atoms with Crippen molar-refractivity contribution in [1.82, 2.24) is 9.71 Å². The van der Waals surface area contributed by atoms with E-state index in [1.807, 2.05) is 43.3 Å². The molecular formula is C20H17N3O2S. The average molecular weight is 363 g/mol. The number of nitriles is 1. The van der Waals surface area contributed by atoms with Crippen molar-refractivity contribution in [2.24, 2.45) is 0 Å². The molecule has 3 rings (SSSR count). The van der Waals surface area contributed by atoms with Gasteiger partial charge in [0.1, 0.15) is 0 Å². The van der Waals surface area contributed by atoms with Crippen LogP contribution in [-0.4, -0.2) is 13.4 Å². The highest BCUT2D eigenvalue weighted by molar-refractivity contribution is 7.89. The Kier molecular flexibility index (Phi) is 5.12. The summed E-state index contributed by atoms with van der Waals surface area (Å²) in [4.78, 5) is 4.47. The van der Waals surface area contributed by atoms with Crippen LogP contribution in [-0.2, 0) is 16.6 Å². The monoisotopic (exact) mass is 363 g/mol. The van der Waals surface area contributed by atoms with Gasteiger partial charge in [-0.2, -0.15) is 5.26 Å². The SMILES string of the molecule is Cc1ccc(-c2ncccc2CNS(=O)(=O)c2cccc(C#N)c2)cc1. The van der Waals surface area contributed by atoms with Crippen molar-refractivity contribution in [1.29, 1.82) is 5.26 Å². The molecular weight excluding hydrogens is 346 g/mol. The third-order valence-corrected chi connectivity index (χ3v) is 5.34. The topological polar surface area (TPSA) is 82.8 Å². The summed E-state index contributed by atoms with van der Waals surface area (Å²) in [6, 6.07) is 19.4. The Hall–Kier alpha value is -3.01. The Morgan fingerprint density at radius 3 is 2.58 bits per heavy atom. The Balaban J connectivity index is 1.86. The van der Waals surface area contributed by atoms with E-state index in [1.54, 1.807) is 24.4 Å². The molecule has 0 spiro atoms. The lowest BCUT2D eigenvalue weighted by molar-refractivity contribution is 0.581. The van der Waals surface area contributed by atoms with E-state index < -0.39 is 10.0 Å². The molecule has 1 N–H and O–H groups in total. The second-order valence-corrected chi connectivity index (χ2v) is 7.61. The predicted octanol–water partition coefficient (Wildman–Crippen LogP) is 3.41. The van der Waals surface area contributed by atoms with Crippen LogP contribution in [0.3, 0.4) is 0 Å². The number of aromatic nitrogens is 1. The summed E-state index contributed by atoms with van der Waals surface area (Å²) in [5.41, 5.74) is 3.88. The summed E-state index contributed by atoms with van der Waals surface area (Å²) in [6.07, 6.45) is 1.68. The summed E-state index contributed by atoms with van der Waals surface area (Å²) < 4.78 is 27.6. The molecule has 0 fully saturated rings. The number of hydrogen-bond acceptors (Lipinski definition) is 4. The lowest BCUT2D eigenvalue weighted by Crippen LogP contribution is -2.23. The summed E-state index contributed by atoms with van der Waals surface area (Å²) in [6.45, 7) is 2.11. The quantitative estimate of drug-likeness (QED) is 0.753. The number of nitrogens with one attached hydrogen (secondary N) is 1. The van der Waals surface area contributed by atoms with E-state index in [-0.39, 0.29) is 11.4 Å². The standard InChI is InChI=1S/C20H17N3O2S/c1-15-7-9-17(10-8-15)20-18(5-3-11-22-20)14-23-26(24,25)19-6-2-4-16(12-19)13-21/h2-12,23H,14H2,1H3. The molecule has 1 heterocycles. The average Bonchev–Trinajstić information content (AvgIpc) is 2.67. The number of pyridine rings is 1. The number of aryl methyl sites for hydroxylation is 1. The Morgan fingerprint density at radius 2 is 1.85 bits per heavy atom. The van der Waals surface area contributed by atoms with Gasteiger partial charge in [0, 0.05) is 18.3 Å². The highest BCUT2D eigenvalue weighted by Gasteiger charge is 2.16. The van der Waals surface area contributed by atoms with E-state index in [2.05, 4.69) is 9.71 Å². The van der Waals surface area contributed by atoms with E-state index in [0.29, 0.717) is 5.56 Å². The fraction of sp³-hybridized carbons (Fsp3) is 0.100. The van der Waals surface area contributed by atoms with E-state index in [0.717, 1.165) is 22.4 Å². The van der Waals surface area contributed by atoms with Gasteiger partial charge in [-0.15, -0.1) is 0 Å². The smallest absolute Gasteiger partial charge is 0.240 e. The maximum atomic E-state index is 12.5. The van der Waals surface area contributed by atoms with Crippen molar-refractivity contribution in [2.75, 3.05) is 0 Å². The van der Waals surface area contributed by atoms with E-state index in [9.17, 15) is 8.42 Å². The lowest BCUT2D eigenvalue weighted by atomic mass is 10.0. The third-order valence-electron chi connectivity index (χ3n) is 3.94. The minimum absolute atomic E-state index is 0.0670. The van der Waals surface area contributed by atoms with Crippen LogP contribution >= 0.6 is 0 Å². The molecule has 3 aromatic rings. The van der Waals surface area contributed by atoms with Crippen LogP contribution in [0.2, 0.25) is 0 Å². The van der Waals surface area contributed by atoms with Crippen LogP contribution in [0.1, 0.15) is 16.7 Å². The van der Waals surface area contributed by atoms with E-state index in [4.69, 9.17) is 5.26 Å². The first-order chi connectivity index (χ1) is 12.5. The van der Waals surface area contributed by atoms with Crippen molar-refractivity contribution in [3.63, 3.8) is 0 Å². The fourth-order valence-corrected chi connectivity index (χ4v) is 3.59. The minimum Gasteiger partial charge on any atom is -0.256 e. The van der Waals surface area contributed by atoms with Gasteiger partial charge in [0.15, 0.2) is 0 Å². The summed E-state index contributed by atoms with van der Waals surface area (Å²) in [7, 11) is -3.73. The van der Waals surface area contributed by atoms with Gasteiger partial charge in [-0.05, 0) is 36.8 Å². The van der Waals surface area contributed by atoms with Crippen LogP contribution in [0.25, 0.3) is 11.3 Å². The van der Waals surface area contributed by atoms with E-state index >= 15 is 0 Å². The summed E-state index contributed by atoms with van der Waals surface area (Å²) >= 11 is 0. The number of nitrogens with zero attached hydrogens (tertiary/aromatic N) is 2. The van der Waals surface area contributed by atoms with Crippen molar-refractivity contribution in [2.45, 2.75) is 18.4 Å². The van der Waals surface area contributed by atoms with Gasteiger partial charge in [0.2, 0.25) is 10.0 Å². The van der Waals surface area contributed by atoms with Crippen LogP contribution in [0.15, 0.2) is 71.8 Å². The first-order valence-electron chi connectivity index (χ1n) is 8.00. The Morgan fingerprint density at radius 1 is 1.08 bits per heavy atom. The molecule has 0 unspecified atom stereocenters. The molecule has 5 nitrogen and oxygen atoms in total.